The van der Waals surface area contributed by atoms with E-state index in [-0.39, 0.29) is 6.61 Å². The number of anilines is 4. The Labute approximate surface area is 334 Å². The van der Waals surface area contributed by atoms with Crippen LogP contribution in [0.3, 0.4) is 0 Å². The van der Waals surface area contributed by atoms with Crippen molar-refractivity contribution in [2.75, 3.05) is 10.6 Å². The molecule has 0 bridgehead atoms. The molecule has 0 unspecified atom stereocenters. The van der Waals surface area contributed by atoms with Crippen molar-refractivity contribution < 1.29 is 14.6 Å². The highest BCUT2D eigenvalue weighted by Gasteiger charge is 2.13. The van der Waals surface area contributed by atoms with Crippen molar-refractivity contribution in [1.82, 2.24) is 58.4 Å². The first-order valence-corrected chi connectivity index (χ1v) is 18.4. The molecule has 18 heteroatoms. The molecular weight excluding hydrogens is 760 g/mol. The number of aryl methyl sites for hydroxylation is 2. The van der Waals surface area contributed by atoms with Gasteiger partial charge in [-0.15, -0.1) is 11.6 Å². The third-order valence-corrected chi connectivity index (χ3v) is 9.51. The minimum atomic E-state index is -0.0826. The quantitative estimate of drug-likeness (QED) is 0.116. The number of ether oxygens (including phenoxy) is 2. The second-order valence-electron chi connectivity index (χ2n) is 13.0. The smallest absolute Gasteiger partial charge is 0.158 e. The van der Waals surface area contributed by atoms with Crippen LogP contribution in [0.5, 0.6) is 23.0 Å². The fourth-order valence-corrected chi connectivity index (χ4v) is 6.60. The van der Waals surface area contributed by atoms with Crippen molar-refractivity contribution in [3.8, 4) is 23.0 Å². The third kappa shape index (κ3) is 7.25. The number of aromatic nitrogens is 12. The molecule has 0 spiro atoms. The second-order valence-corrected chi connectivity index (χ2v) is 13.3. The maximum atomic E-state index is 9.56. The zero-order valence-electron chi connectivity index (χ0n) is 31.0. The largest absolute Gasteiger partial charge is 0.457 e. The molecule has 0 saturated heterocycles. The van der Waals surface area contributed by atoms with Gasteiger partial charge in [-0.05, 0) is 91.2 Å². The molecule has 0 radical (unpaired) electrons. The lowest BCUT2D eigenvalue weighted by molar-refractivity contribution is 0.283. The Kier molecular flexibility index (Phi) is 9.62. The predicted octanol–water partition coefficient (Wildman–Crippen LogP) is 7.46. The normalized spacial score (nSPS) is 11.2. The van der Waals surface area contributed by atoms with Gasteiger partial charge in [0, 0.05) is 59.7 Å². The van der Waals surface area contributed by atoms with Crippen molar-refractivity contribution >= 4 is 56.9 Å². The number of hydrogen-bond acceptors (Lipinski definition) is 13. The molecular formula is C40H33ClN14O3. The molecule has 8 heterocycles. The summed E-state index contributed by atoms with van der Waals surface area (Å²) in [5.74, 6) is 4.60. The topological polar surface area (TPSA) is 184 Å². The highest BCUT2D eigenvalue weighted by atomic mass is 35.5. The van der Waals surface area contributed by atoms with E-state index in [0.29, 0.717) is 29.0 Å². The van der Waals surface area contributed by atoms with Crippen LogP contribution >= 0.6 is 11.6 Å². The highest BCUT2D eigenvalue weighted by molar-refractivity contribution is 6.17. The van der Waals surface area contributed by atoms with Crippen LogP contribution in [0.25, 0.3) is 22.3 Å². The number of rotatable bonds is 10. The fraction of sp³-hybridized carbons (Fsp3) is 0.100. The SMILES string of the molecule is Cc1cc(Nc2ncnn3ccc(CCl)c23)ccc1Oc1ccn2ncnc2c1.Cc1cc(Nc2ncnn3ccc(CO)c23)ccc1Oc1ccn2ncnc2c1. The molecule has 58 heavy (non-hydrogen) atoms. The molecule has 0 aliphatic rings. The van der Waals surface area contributed by atoms with Gasteiger partial charge in [0.2, 0.25) is 0 Å². The number of benzene rings is 2. The van der Waals surface area contributed by atoms with E-state index in [9.17, 15) is 5.11 Å². The van der Waals surface area contributed by atoms with E-state index in [1.54, 1.807) is 30.5 Å². The number of pyridine rings is 2. The number of fused-ring (bicyclic) bond motifs is 4. The lowest BCUT2D eigenvalue weighted by atomic mass is 10.2. The molecule has 288 valence electrons. The van der Waals surface area contributed by atoms with Gasteiger partial charge in [-0.1, -0.05) is 0 Å². The van der Waals surface area contributed by atoms with Crippen molar-refractivity contribution in [3.05, 3.63) is 145 Å². The standard InChI is InChI=1S/C20H16ClN7O.C20H17N7O2/c1-13-8-15(26-20-19-14(10-21)4-6-28(19)25-12-23-20)2-3-17(13)29-16-5-7-27-18(9-16)22-11-24-27;1-13-8-15(25-20-19-14(10-28)4-6-27(19)24-12-22-20)2-3-17(13)29-16-5-7-26-18(9-16)21-11-23-26/h2-9,11-12H,10H2,1H3,(H,23,25,26);2-9,11-12,28H,10H2,1H3,(H,22,24,25). The van der Waals surface area contributed by atoms with Crippen LogP contribution < -0.4 is 20.1 Å². The van der Waals surface area contributed by atoms with Crippen LogP contribution in [0.4, 0.5) is 23.0 Å². The summed E-state index contributed by atoms with van der Waals surface area (Å²) in [6.07, 6.45) is 13.3. The van der Waals surface area contributed by atoms with E-state index < -0.39 is 0 Å². The van der Waals surface area contributed by atoms with Crippen molar-refractivity contribution in [2.45, 2.75) is 26.3 Å². The Bertz CT molecular complexity index is 2860. The van der Waals surface area contributed by atoms with Gasteiger partial charge in [-0.25, -0.2) is 38.0 Å². The van der Waals surface area contributed by atoms with E-state index in [2.05, 4.69) is 51.0 Å². The minimum Gasteiger partial charge on any atom is -0.457 e. The molecule has 0 fully saturated rings. The van der Waals surface area contributed by atoms with Crippen LogP contribution in [-0.4, -0.2) is 63.5 Å². The van der Waals surface area contributed by atoms with E-state index in [0.717, 1.165) is 67.5 Å². The molecule has 0 aliphatic heterocycles. The Morgan fingerprint density at radius 3 is 1.48 bits per heavy atom. The van der Waals surface area contributed by atoms with Gasteiger partial charge in [0.1, 0.15) is 59.3 Å². The molecule has 0 amide bonds. The molecule has 3 N–H and O–H groups in total. The summed E-state index contributed by atoms with van der Waals surface area (Å²) in [6, 6.07) is 22.8. The van der Waals surface area contributed by atoms with Gasteiger partial charge in [0.15, 0.2) is 22.9 Å². The molecule has 0 aliphatic carbocycles. The van der Waals surface area contributed by atoms with Gasteiger partial charge in [-0.2, -0.15) is 20.4 Å². The Hall–Kier alpha value is -7.63. The summed E-state index contributed by atoms with van der Waals surface area (Å²) >= 11 is 6.05. The van der Waals surface area contributed by atoms with Crippen molar-refractivity contribution in [3.63, 3.8) is 0 Å². The summed E-state index contributed by atoms with van der Waals surface area (Å²) in [7, 11) is 0. The zero-order valence-corrected chi connectivity index (χ0v) is 31.7. The van der Waals surface area contributed by atoms with E-state index in [4.69, 9.17) is 21.1 Å². The molecule has 2 aromatic carbocycles. The van der Waals surface area contributed by atoms with Gasteiger partial charge in [-0.3, -0.25) is 0 Å². The van der Waals surface area contributed by atoms with Crippen LogP contribution in [0.2, 0.25) is 0 Å². The van der Waals surface area contributed by atoms with Gasteiger partial charge in [0.25, 0.3) is 0 Å². The van der Waals surface area contributed by atoms with Gasteiger partial charge >= 0.3 is 0 Å². The number of nitrogens with zero attached hydrogens (tertiary/aromatic N) is 12. The average molecular weight is 793 g/mol. The van der Waals surface area contributed by atoms with E-state index >= 15 is 0 Å². The summed E-state index contributed by atoms with van der Waals surface area (Å²) < 4.78 is 18.9. The van der Waals surface area contributed by atoms with Crippen LogP contribution in [-0.2, 0) is 12.5 Å². The number of aliphatic hydroxyl groups is 1. The molecule has 8 aromatic heterocycles. The summed E-state index contributed by atoms with van der Waals surface area (Å²) in [5.41, 5.74) is 8.47. The molecule has 10 aromatic rings. The first-order chi connectivity index (χ1) is 28.4. The van der Waals surface area contributed by atoms with Gasteiger partial charge < -0.3 is 25.2 Å². The average Bonchev–Trinajstić information content (AvgIpc) is 4.07. The lowest BCUT2D eigenvalue weighted by Crippen LogP contribution is -2.01. The van der Waals surface area contributed by atoms with E-state index in [1.807, 2.05) is 99.0 Å². The van der Waals surface area contributed by atoms with Crippen LogP contribution in [0, 0.1) is 13.8 Å². The summed E-state index contributed by atoms with van der Waals surface area (Å²) in [4.78, 5) is 17.1. The number of aliphatic hydroxyl groups excluding tert-OH is 1. The molecule has 17 nitrogen and oxygen atoms in total. The Balaban J connectivity index is 0.000000150. The Morgan fingerprint density at radius 1 is 0.552 bits per heavy atom. The fourth-order valence-electron chi connectivity index (χ4n) is 6.39. The van der Waals surface area contributed by atoms with E-state index in [1.165, 1.54) is 25.3 Å². The number of hydrogen-bond donors (Lipinski definition) is 3. The van der Waals surface area contributed by atoms with Crippen LogP contribution in [0.1, 0.15) is 22.3 Å². The number of nitrogens with one attached hydrogen (secondary N) is 2. The number of alkyl halides is 1. The summed E-state index contributed by atoms with van der Waals surface area (Å²) in [5, 5.41) is 32.8. The maximum absolute atomic E-state index is 9.56. The monoisotopic (exact) mass is 792 g/mol. The van der Waals surface area contributed by atoms with Crippen molar-refractivity contribution in [2.24, 2.45) is 0 Å². The lowest BCUT2D eigenvalue weighted by Gasteiger charge is -2.12. The zero-order chi connectivity index (χ0) is 39.6. The molecule has 0 saturated carbocycles. The highest BCUT2D eigenvalue weighted by Crippen LogP contribution is 2.32. The first-order valence-electron chi connectivity index (χ1n) is 17.9. The maximum Gasteiger partial charge on any atom is 0.158 e. The predicted molar refractivity (Wildman–Crippen MR) is 216 cm³/mol. The first kappa shape index (κ1) is 36.0. The third-order valence-electron chi connectivity index (χ3n) is 9.22. The van der Waals surface area contributed by atoms with Crippen molar-refractivity contribution in [1.29, 1.82) is 0 Å². The second kappa shape index (κ2) is 15.5. The summed E-state index contributed by atoms with van der Waals surface area (Å²) in [6.45, 7) is 3.88. The molecule has 0 atom stereocenters. The minimum absolute atomic E-state index is 0.0826. The Morgan fingerprint density at radius 2 is 1.00 bits per heavy atom. The molecule has 10 rings (SSSR count). The van der Waals surface area contributed by atoms with Gasteiger partial charge in [0.05, 0.1) is 6.61 Å². The number of halogens is 1. The van der Waals surface area contributed by atoms with Crippen LogP contribution in [0.15, 0.2) is 123 Å².